The van der Waals surface area contributed by atoms with Gasteiger partial charge in [0.25, 0.3) is 5.56 Å². The van der Waals surface area contributed by atoms with E-state index >= 15 is 0 Å². The van der Waals surface area contributed by atoms with Gasteiger partial charge in [-0.3, -0.25) is 4.79 Å². The predicted octanol–water partition coefficient (Wildman–Crippen LogP) is 3.48. The van der Waals surface area contributed by atoms with Crippen LogP contribution in [0.4, 0.5) is 0 Å². The molecule has 0 radical (unpaired) electrons. The van der Waals surface area contributed by atoms with Crippen molar-refractivity contribution in [3.8, 4) is 11.4 Å². The molecule has 0 unspecified atom stereocenters. The van der Waals surface area contributed by atoms with Crippen LogP contribution in [-0.4, -0.2) is 25.0 Å². The zero-order valence-electron chi connectivity index (χ0n) is 14.0. The van der Waals surface area contributed by atoms with Gasteiger partial charge in [0.2, 0.25) is 0 Å². The number of hydrogen-bond donors (Lipinski definition) is 1. The number of aryl methyl sites for hydroxylation is 1. The number of aromatic amines is 1. The Kier molecular flexibility index (Phi) is 3.92. The maximum atomic E-state index is 11.6. The van der Waals surface area contributed by atoms with Crippen molar-refractivity contribution in [2.45, 2.75) is 38.6 Å². The fourth-order valence-corrected chi connectivity index (χ4v) is 3.34. The Labute approximate surface area is 149 Å². The lowest BCUT2D eigenvalue weighted by Gasteiger charge is -2.14. The molecule has 0 spiro atoms. The molecule has 128 valence electrons. The lowest BCUT2D eigenvalue weighted by molar-refractivity contribution is 0.543. The molecule has 3 aromatic rings. The maximum Gasteiger partial charge on any atom is 0.251 e. The van der Waals surface area contributed by atoms with E-state index in [1.807, 2.05) is 6.92 Å². The maximum absolute atomic E-state index is 11.6. The van der Waals surface area contributed by atoms with E-state index in [1.54, 1.807) is 17.8 Å². The van der Waals surface area contributed by atoms with Crippen molar-refractivity contribution in [3.63, 3.8) is 0 Å². The molecule has 1 atom stereocenters. The van der Waals surface area contributed by atoms with Gasteiger partial charge in [-0.25, -0.2) is 9.67 Å². The molecule has 0 aliphatic heterocycles. The zero-order chi connectivity index (χ0) is 17.6. The zero-order valence-corrected chi connectivity index (χ0v) is 14.8. The first-order chi connectivity index (χ1) is 12.0. The summed E-state index contributed by atoms with van der Waals surface area (Å²) >= 11 is 6.49. The first kappa shape index (κ1) is 16.0. The Hall–Kier alpha value is -2.47. The predicted molar refractivity (Wildman–Crippen MR) is 95.9 cm³/mol. The highest BCUT2D eigenvalue weighted by atomic mass is 35.5. The average molecular weight is 356 g/mol. The molecule has 4 rings (SSSR count). The van der Waals surface area contributed by atoms with E-state index < -0.39 is 0 Å². The van der Waals surface area contributed by atoms with Crippen molar-refractivity contribution in [1.29, 1.82) is 0 Å². The van der Waals surface area contributed by atoms with Crippen molar-refractivity contribution < 1.29 is 0 Å². The van der Waals surface area contributed by atoms with Crippen molar-refractivity contribution in [2.75, 3.05) is 0 Å². The van der Waals surface area contributed by atoms with Crippen LogP contribution in [0.15, 0.2) is 35.3 Å². The molecule has 2 aromatic heterocycles. The van der Waals surface area contributed by atoms with E-state index in [2.05, 4.69) is 38.5 Å². The first-order valence-electron chi connectivity index (χ1n) is 8.31. The molecule has 7 heteroatoms. The molecule has 1 fully saturated rings. The molecule has 1 aliphatic rings. The van der Waals surface area contributed by atoms with Gasteiger partial charge in [0, 0.05) is 11.1 Å². The van der Waals surface area contributed by atoms with E-state index in [1.165, 1.54) is 24.5 Å². The van der Waals surface area contributed by atoms with Gasteiger partial charge in [-0.1, -0.05) is 28.9 Å². The SMILES string of the molecule is Cc1nc(-c2cn([C@H](C)c3ccc(C4CC4)cc3Cl)nn2)cc(=O)[nH]1. The van der Waals surface area contributed by atoms with Crippen LogP contribution in [-0.2, 0) is 0 Å². The van der Waals surface area contributed by atoms with Gasteiger partial charge in [0.05, 0.1) is 17.9 Å². The molecule has 2 heterocycles. The molecule has 6 nitrogen and oxygen atoms in total. The lowest BCUT2D eigenvalue weighted by Crippen LogP contribution is -2.09. The summed E-state index contributed by atoms with van der Waals surface area (Å²) in [6.45, 7) is 3.76. The van der Waals surface area contributed by atoms with Gasteiger partial charge in [0.15, 0.2) is 0 Å². The van der Waals surface area contributed by atoms with E-state index in [0.29, 0.717) is 23.1 Å². The molecule has 0 amide bonds. The number of aromatic nitrogens is 5. The van der Waals surface area contributed by atoms with Gasteiger partial charge in [-0.15, -0.1) is 5.10 Å². The highest BCUT2D eigenvalue weighted by Gasteiger charge is 2.24. The molecule has 1 aromatic carbocycles. The van der Waals surface area contributed by atoms with Gasteiger partial charge in [-0.05, 0) is 49.8 Å². The van der Waals surface area contributed by atoms with E-state index in [9.17, 15) is 4.79 Å². The summed E-state index contributed by atoms with van der Waals surface area (Å²) in [5.74, 6) is 1.22. The average Bonchev–Trinajstić information content (AvgIpc) is 3.30. The van der Waals surface area contributed by atoms with Crippen LogP contribution >= 0.6 is 11.6 Å². The number of rotatable bonds is 4. The van der Waals surface area contributed by atoms with Crippen LogP contribution in [0.5, 0.6) is 0 Å². The molecule has 0 bridgehead atoms. The highest BCUT2D eigenvalue weighted by molar-refractivity contribution is 6.31. The summed E-state index contributed by atoms with van der Waals surface area (Å²) in [4.78, 5) is 18.5. The van der Waals surface area contributed by atoms with Crippen molar-refractivity contribution in [3.05, 3.63) is 62.8 Å². The summed E-state index contributed by atoms with van der Waals surface area (Å²) in [5.41, 5.74) is 3.17. The first-order valence-corrected chi connectivity index (χ1v) is 8.68. The third-order valence-electron chi connectivity index (χ3n) is 4.55. The molecule has 1 aliphatic carbocycles. The fraction of sp³-hybridized carbons (Fsp3) is 0.333. The van der Waals surface area contributed by atoms with E-state index in [4.69, 9.17) is 11.6 Å². The minimum Gasteiger partial charge on any atom is -0.311 e. The summed E-state index contributed by atoms with van der Waals surface area (Å²) in [6.07, 6.45) is 4.29. The van der Waals surface area contributed by atoms with E-state index in [-0.39, 0.29) is 11.6 Å². The third-order valence-corrected chi connectivity index (χ3v) is 4.88. The fourth-order valence-electron chi connectivity index (χ4n) is 2.99. The number of benzene rings is 1. The van der Waals surface area contributed by atoms with Crippen LogP contribution in [0.3, 0.4) is 0 Å². The monoisotopic (exact) mass is 355 g/mol. The molecular formula is C18H18ClN5O. The molecular weight excluding hydrogens is 338 g/mol. The van der Waals surface area contributed by atoms with Crippen LogP contribution in [0.1, 0.15) is 48.7 Å². The standard InChI is InChI=1S/C18H18ClN5O/c1-10(14-6-5-13(7-15(14)19)12-3-4-12)24-9-17(22-23-24)16-8-18(25)21-11(2)20-16/h5-10,12H,3-4H2,1-2H3,(H,20,21,25)/t10-/m1/s1. The Bertz CT molecular complexity index is 989. The topological polar surface area (TPSA) is 76.5 Å². The second-order valence-corrected chi connectivity index (χ2v) is 6.94. The van der Waals surface area contributed by atoms with Gasteiger partial charge < -0.3 is 4.98 Å². The smallest absolute Gasteiger partial charge is 0.251 e. The Morgan fingerprint density at radius 3 is 2.76 bits per heavy atom. The van der Waals surface area contributed by atoms with Gasteiger partial charge in [0.1, 0.15) is 11.5 Å². The minimum absolute atomic E-state index is 0.0647. The summed E-state index contributed by atoms with van der Waals surface area (Å²) in [7, 11) is 0. The lowest BCUT2D eigenvalue weighted by atomic mass is 10.0. The second kappa shape index (κ2) is 6.11. The van der Waals surface area contributed by atoms with Crippen LogP contribution in [0, 0.1) is 6.92 Å². The Balaban J connectivity index is 1.64. The minimum atomic E-state index is -0.205. The Morgan fingerprint density at radius 1 is 1.28 bits per heavy atom. The molecule has 25 heavy (non-hydrogen) atoms. The number of hydrogen-bond acceptors (Lipinski definition) is 4. The molecule has 0 saturated heterocycles. The number of H-pyrrole nitrogens is 1. The summed E-state index contributed by atoms with van der Waals surface area (Å²) < 4.78 is 1.74. The van der Waals surface area contributed by atoms with Gasteiger partial charge >= 0.3 is 0 Å². The summed E-state index contributed by atoms with van der Waals surface area (Å²) in [5, 5.41) is 9.10. The number of nitrogens with one attached hydrogen (secondary N) is 1. The van der Waals surface area contributed by atoms with Crippen molar-refractivity contribution in [1.82, 2.24) is 25.0 Å². The van der Waals surface area contributed by atoms with Crippen LogP contribution < -0.4 is 5.56 Å². The van der Waals surface area contributed by atoms with Crippen LogP contribution in [0.25, 0.3) is 11.4 Å². The largest absolute Gasteiger partial charge is 0.311 e. The van der Waals surface area contributed by atoms with E-state index in [0.717, 1.165) is 10.6 Å². The highest BCUT2D eigenvalue weighted by Crippen LogP contribution is 2.41. The van der Waals surface area contributed by atoms with Crippen LogP contribution in [0.2, 0.25) is 5.02 Å². The normalized spacial score (nSPS) is 15.3. The third kappa shape index (κ3) is 3.22. The van der Waals surface area contributed by atoms with Crippen molar-refractivity contribution >= 4 is 11.6 Å². The Morgan fingerprint density at radius 2 is 2.08 bits per heavy atom. The summed E-state index contributed by atoms with van der Waals surface area (Å²) in [6, 6.07) is 7.63. The molecule has 1 N–H and O–H groups in total. The number of halogens is 1. The number of nitrogens with zero attached hydrogens (tertiary/aromatic N) is 4. The molecule has 1 saturated carbocycles. The quantitative estimate of drug-likeness (QED) is 0.777. The van der Waals surface area contributed by atoms with Gasteiger partial charge in [-0.2, -0.15) is 0 Å². The second-order valence-electron chi connectivity index (χ2n) is 6.53. The van der Waals surface area contributed by atoms with Crippen molar-refractivity contribution in [2.24, 2.45) is 0 Å².